The average molecular weight is 300 g/mol. The molecule has 0 fully saturated rings. The Morgan fingerprint density at radius 1 is 1.09 bits per heavy atom. The molecular formula is C16H16N2O4. The number of carbonyl (C=O) groups is 2. The lowest BCUT2D eigenvalue weighted by molar-refractivity contribution is -0.605. The Labute approximate surface area is 127 Å². The summed E-state index contributed by atoms with van der Waals surface area (Å²) >= 11 is 0. The number of aromatic nitrogens is 1. The van der Waals surface area contributed by atoms with E-state index >= 15 is 0 Å². The molecule has 0 radical (unpaired) electrons. The van der Waals surface area contributed by atoms with E-state index in [1.807, 2.05) is 6.92 Å². The normalized spacial score (nSPS) is 10.0. The minimum absolute atomic E-state index is 0.332. The van der Waals surface area contributed by atoms with Crippen LogP contribution in [-0.2, 0) is 4.74 Å². The van der Waals surface area contributed by atoms with Gasteiger partial charge in [0.2, 0.25) is 0 Å². The molecule has 0 saturated heterocycles. The highest BCUT2D eigenvalue weighted by atomic mass is 16.5. The molecule has 2 rings (SSSR count). The van der Waals surface area contributed by atoms with Gasteiger partial charge in [-0.2, -0.15) is 4.73 Å². The highest BCUT2D eigenvalue weighted by molar-refractivity contribution is 6.04. The summed E-state index contributed by atoms with van der Waals surface area (Å²) < 4.78 is 5.63. The summed E-state index contributed by atoms with van der Waals surface area (Å²) in [7, 11) is 0. The fourth-order valence-corrected chi connectivity index (χ4v) is 1.74. The molecule has 2 aromatic rings. The maximum absolute atomic E-state index is 12.0. The van der Waals surface area contributed by atoms with Crippen LogP contribution in [0, 0.1) is 5.21 Å². The number of hydrogen-bond donors (Lipinski definition) is 1. The molecule has 1 amide bonds. The molecule has 0 bridgehead atoms. The number of rotatable bonds is 5. The summed E-state index contributed by atoms with van der Waals surface area (Å²) in [5.74, 6) is -0.718. The van der Waals surface area contributed by atoms with E-state index in [2.05, 4.69) is 5.32 Å². The fraction of sp³-hybridized carbons (Fsp3) is 0.188. The molecule has 0 aliphatic heterocycles. The molecule has 0 atom stereocenters. The zero-order chi connectivity index (χ0) is 15.9. The van der Waals surface area contributed by atoms with Gasteiger partial charge >= 0.3 is 5.97 Å². The third-order valence-electron chi connectivity index (χ3n) is 2.88. The molecule has 22 heavy (non-hydrogen) atoms. The van der Waals surface area contributed by atoms with Gasteiger partial charge < -0.3 is 15.3 Å². The van der Waals surface area contributed by atoms with Crippen LogP contribution in [0.2, 0.25) is 0 Å². The topological polar surface area (TPSA) is 82.3 Å². The molecule has 0 unspecified atom stereocenters. The number of esters is 1. The van der Waals surface area contributed by atoms with Gasteiger partial charge in [0, 0.05) is 17.8 Å². The summed E-state index contributed by atoms with van der Waals surface area (Å²) in [4.78, 5) is 23.6. The van der Waals surface area contributed by atoms with Crippen molar-refractivity contribution in [3.63, 3.8) is 0 Å². The van der Waals surface area contributed by atoms with E-state index in [4.69, 9.17) is 4.74 Å². The summed E-state index contributed by atoms with van der Waals surface area (Å²) in [6.45, 7) is 2.30. The van der Waals surface area contributed by atoms with E-state index in [9.17, 15) is 14.8 Å². The number of carbonyl (C=O) groups excluding carboxylic acids is 2. The smallest absolute Gasteiger partial charge is 0.338 e. The standard InChI is InChI=1S/C16H16N2O4/c1-2-11-22-16(20)13-3-5-14(6-4-13)17-15(19)12-7-9-18(21)10-8-12/h3-10H,2,11H2,1H3,(H,17,19). The fourth-order valence-electron chi connectivity index (χ4n) is 1.74. The number of nitrogens with zero attached hydrogens (tertiary/aromatic N) is 1. The maximum atomic E-state index is 12.0. The lowest BCUT2D eigenvalue weighted by Crippen LogP contribution is -2.25. The highest BCUT2D eigenvalue weighted by Gasteiger charge is 2.09. The van der Waals surface area contributed by atoms with Crippen LogP contribution in [0.25, 0.3) is 0 Å². The minimum atomic E-state index is -0.386. The first-order valence-electron chi connectivity index (χ1n) is 6.87. The van der Waals surface area contributed by atoms with Crippen molar-refractivity contribution < 1.29 is 19.1 Å². The molecule has 0 aliphatic carbocycles. The first kappa shape index (κ1) is 15.5. The molecule has 1 aromatic carbocycles. The monoisotopic (exact) mass is 300 g/mol. The Morgan fingerprint density at radius 3 is 2.32 bits per heavy atom. The maximum Gasteiger partial charge on any atom is 0.338 e. The zero-order valence-corrected chi connectivity index (χ0v) is 12.1. The van der Waals surface area contributed by atoms with Crippen LogP contribution in [0.1, 0.15) is 34.1 Å². The molecule has 1 heterocycles. The third kappa shape index (κ3) is 4.05. The van der Waals surface area contributed by atoms with Crippen LogP contribution in [0.3, 0.4) is 0 Å². The van der Waals surface area contributed by atoms with Crippen LogP contribution in [-0.4, -0.2) is 18.5 Å². The first-order valence-corrected chi connectivity index (χ1v) is 6.87. The average Bonchev–Trinajstić information content (AvgIpc) is 2.54. The van der Waals surface area contributed by atoms with E-state index in [0.29, 0.717) is 28.2 Å². The Kier molecular flexibility index (Phi) is 5.08. The van der Waals surface area contributed by atoms with Crippen molar-refractivity contribution in [2.24, 2.45) is 0 Å². The summed E-state index contributed by atoms with van der Waals surface area (Å²) in [6.07, 6.45) is 3.27. The van der Waals surface area contributed by atoms with Gasteiger partial charge in [-0.15, -0.1) is 0 Å². The molecule has 1 aromatic heterocycles. The van der Waals surface area contributed by atoms with Crippen molar-refractivity contribution >= 4 is 17.6 Å². The van der Waals surface area contributed by atoms with Gasteiger partial charge in [0.25, 0.3) is 5.91 Å². The van der Waals surface area contributed by atoms with Crippen molar-refractivity contribution in [3.8, 4) is 0 Å². The number of benzene rings is 1. The van der Waals surface area contributed by atoms with Crippen LogP contribution in [0.15, 0.2) is 48.8 Å². The van der Waals surface area contributed by atoms with E-state index in [1.54, 1.807) is 24.3 Å². The quantitative estimate of drug-likeness (QED) is 0.521. The lowest BCUT2D eigenvalue weighted by atomic mass is 10.2. The predicted molar refractivity (Wildman–Crippen MR) is 80.4 cm³/mol. The van der Waals surface area contributed by atoms with Crippen molar-refractivity contribution in [1.82, 2.24) is 0 Å². The van der Waals surface area contributed by atoms with E-state index in [0.717, 1.165) is 6.42 Å². The molecule has 0 saturated carbocycles. The Morgan fingerprint density at radius 2 is 1.73 bits per heavy atom. The number of anilines is 1. The Balaban J connectivity index is 2.00. The van der Waals surface area contributed by atoms with Crippen LogP contribution >= 0.6 is 0 Å². The number of amides is 1. The third-order valence-corrected chi connectivity index (χ3v) is 2.88. The first-order chi connectivity index (χ1) is 10.6. The minimum Gasteiger partial charge on any atom is -0.619 e. The van der Waals surface area contributed by atoms with Gasteiger partial charge in [-0.1, -0.05) is 6.92 Å². The van der Waals surface area contributed by atoms with Crippen molar-refractivity contribution in [1.29, 1.82) is 0 Å². The van der Waals surface area contributed by atoms with Crippen LogP contribution < -0.4 is 10.0 Å². The second-order valence-corrected chi connectivity index (χ2v) is 4.61. The second-order valence-electron chi connectivity index (χ2n) is 4.61. The largest absolute Gasteiger partial charge is 0.619 e. The number of nitrogens with one attached hydrogen (secondary N) is 1. The van der Waals surface area contributed by atoms with Crippen LogP contribution in [0.4, 0.5) is 5.69 Å². The Bertz CT molecular complexity index is 651. The van der Waals surface area contributed by atoms with Gasteiger partial charge in [-0.25, -0.2) is 4.79 Å². The summed E-state index contributed by atoms with van der Waals surface area (Å²) in [5, 5.41) is 13.6. The highest BCUT2D eigenvalue weighted by Crippen LogP contribution is 2.12. The van der Waals surface area contributed by atoms with Crippen molar-refractivity contribution in [2.45, 2.75) is 13.3 Å². The molecule has 0 aliphatic rings. The van der Waals surface area contributed by atoms with Crippen molar-refractivity contribution in [3.05, 3.63) is 65.1 Å². The second kappa shape index (κ2) is 7.21. The lowest BCUT2D eigenvalue weighted by Gasteiger charge is -2.07. The van der Waals surface area contributed by atoms with Gasteiger partial charge in [0.1, 0.15) is 0 Å². The SMILES string of the molecule is CCCOC(=O)c1ccc(NC(=O)c2cc[n+]([O-])cc2)cc1. The van der Waals surface area contributed by atoms with E-state index in [1.165, 1.54) is 24.5 Å². The zero-order valence-electron chi connectivity index (χ0n) is 12.1. The summed E-state index contributed by atoms with van der Waals surface area (Å²) in [6, 6.07) is 9.28. The molecule has 1 N–H and O–H groups in total. The Hall–Kier alpha value is -2.89. The van der Waals surface area contributed by atoms with E-state index in [-0.39, 0.29) is 11.9 Å². The number of ether oxygens (including phenoxy) is 1. The molecule has 6 heteroatoms. The molecular weight excluding hydrogens is 284 g/mol. The van der Waals surface area contributed by atoms with Crippen LogP contribution in [0.5, 0.6) is 0 Å². The summed E-state index contributed by atoms with van der Waals surface area (Å²) in [5.41, 5.74) is 1.35. The number of pyridine rings is 1. The number of hydrogen-bond acceptors (Lipinski definition) is 4. The predicted octanol–water partition coefficient (Wildman–Crippen LogP) is 2.14. The van der Waals surface area contributed by atoms with Gasteiger partial charge in [0.15, 0.2) is 12.4 Å². The molecule has 114 valence electrons. The van der Waals surface area contributed by atoms with E-state index < -0.39 is 0 Å². The molecule has 0 spiro atoms. The van der Waals surface area contributed by atoms with Gasteiger partial charge in [-0.3, -0.25) is 4.79 Å². The van der Waals surface area contributed by atoms with Gasteiger partial charge in [0.05, 0.1) is 17.7 Å². The van der Waals surface area contributed by atoms with Gasteiger partial charge in [-0.05, 0) is 30.7 Å². The molecule has 6 nitrogen and oxygen atoms in total. The van der Waals surface area contributed by atoms with Crippen molar-refractivity contribution in [2.75, 3.05) is 11.9 Å².